The normalized spacial score (nSPS) is 17.9. The van der Waals surface area contributed by atoms with Crippen LogP contribution in [0, 0.1) is 11.6 Å². The van der Waals surface area contributed by atoms with E-state index >= 15 is 0 Å². The van der Waals surface area contributed by atoms with Gasteiger partial charge in [0.05, 0.1) is 5.41 Å². The predicted molar refractivity (Wildman–Crippen MR) is 59.1 cm³/mol. The highest BCUT2D eigenvalue weighted by Crippen LogP contribution is 2.43. The van der Waals surface area contributed by atoms with Gasteiger partial charge >= 0.3 is 5.97 Å². The number of benzene rings is 1. The Kier molecular flexibility index (Phi) is 3.52. The molecule has 6 heteroatoms. The van der Waals surface area contributed by atoms with Crippen LogP contribution in [0.2, 0.25) is 0 Å². The summed E-state index contributed by atoms with van der Waals surface area (Å²) in [7, 11) is 0. The third kappa shape index (κ3) is 2.19. The van der Waals surface area contributed by atoms with E-state index in [1.165, 1.54) is 0 Å². The fourth-order valence-corrected chi connectivity index (χ4v) is 2.66. The highest BCUT2D eigenvalue weighted by atomic mass is 19.3. The van der Waals surface area contributed by atoms with E-state index in [1.807, 2.05) is 0 Å². The summed E-state index contributed by atoms with van der Waals surface area (Å²) in [5.41, 5.74) is -2.75. The SMILES string of the molecule is O=C(O)C1(c2cc(C(F)F)cc(F)c2F)CCCC1. The fraction of sp³-hybridized carbons (Fsp3) is 0.462. The topological polar surface area (TPSA) is 37.3 Å². The summed E-state index contributed by atoms with van der Waals surface area (Å²) in [6, 6.07) is 1.19. The molecule has 1 N–H and O–H groups in total. The summed E-state index contributed by atoms with van der Waals surface area (Å²) in [5.74, 6) is -4.07. The number of halogens is 4. The van der Waals surface area contributed by atoms with Crippen molar-refractivity contribution in [3.8, 4) is 0 Å². The van der Waals surface area contributed by atoms with E-state index in [0.717, 1.165) is 6.07 Å². The minimum atomic E-state index is -2.97. The minimum Gasteiger partial charge on any atom is -0.481 e. The second kappa shape index (κ2) is 4.83. The number of aliphatic carboxylic acids is 1. The molecule has 0 atom stereocenters. The number of rotatable bonds is 3. The highest BCUT2D eigenvalue weighted by molar-refractivity contribution is 5.82. The summed E-state index contributed by atoms with van der Waals surface area (Å²) in [4.78, 5) is 11.4. The zero-order valence-electron chi connectivity index (χ0n) is 9.93. The Labute approximate surface area is 107 Å². The van der Waals surface area contributed by atoms with Gasteiger partial charge in [-0.15, -0.1) is 0 Å². The van der Waals surface area contributed by atoms with Crippen LogP contribution in [0.4, 0.5) is 17.6 Å². The number of alkyl halides is 2. The van der Waals surface area contributed by atoms with Crippen molar-refractivity contribution < 1.29 is 27.5 Å². The Bertz CT molecular complexity index is 508. The van der Waals surface area contributed by atoms with Gasteiger partial charge in [-0.2, -0.15) is 0 Å². The van der Waals surface area contributed by atoms with Crippen LogP contribution in [0.3, 0.4) is 0 Å². The standard InChI is InChI=1S/C13H12F4O2/c14-9-6-7(11(16)17)5-8(10(9)15)13(12(18)19)3-1-2-4-13/h5-6,11H,1-4H2,(H,18,19). The van der Waals surface area contributed by atoms with Crippen molar-refractivity contribution in [2.24, 2.45) is 0 Å². The molecular weight excluding hydrogens is 264 g/mol. The van der Waals surface area contributed by atoms with Crippen molar-refractivity contribution in [2.45, 2.75) is 37.5 Å². The first kappa shape index (κ1) is 13.8. The molecule has 0 bridgehead atoms. The van der Waals surface area contributed by atoms with E-state index < -0.39 is 40.6 Å². The van der Waals surface area contributed by atoms with Crippen LogP contribution in [0.1, 0.15) is 43.2 Å². The Balaban J connectivity index is 2.63. The van der Waals surface area contributed by atoms with Gasteiger partial charge in [0.1, 0.15) is 0 Å². The zero-order valence-corrected chi connectivity index (χ0v) is 9.93. The summed E-state index contributed by atoms with van der Waals surface area (Å²) in [6.45, 7) is 0. The molecule has 0 aliphatic heterocycles. The number of carbonyl (C=O) groups is 1. The van der Waals surface area contributed by atoms with Crippen LogP contribution < -0.4 is 0 Å². The molecule has 0 heterocycles. The van der Waals surface area contributed by atoms with Gasteiger partial charge in [0.25, 0.3) is 6.43 Å². The van der Waals surface area contributed by atoms with Crippen LogP contribution in [-0.2, 0) is 10.2 Å². The first-order valence-corrected chi connectivity index (χ1v) is 5.89. The average Bonchev–Trinajstić information content (AvgIpc) is 2.82. The molecule has 19 heavy (non-hydrogen) atoms. The molecule has 0 amide bonds. The maximum atomic E-state index is 13.8. The molecule has 0 spiro atoms. The predicted octanol–water partition coefficient (Wildman–Crippen LogP) is 3.80. The van der Waals surface area contributed by atoms with Crippen molar-refractivity contribution in [1.29, 1.82) is 0 Å². The Morgan fingerprint density at radius 2 is 1.79 bits per heavy atom. The summed E-state index contributed by atoms with van der Waals surface area (Å²) in [5, 5.41) is 9.29. The van der Waals surface area contributed by atoms with Crippen molar-refractivity contribution in [3.63, 3.8) is 0 Å². The van der Waals surface area contributed by atoms with Crippen LogP contribution in [0.5, 0.6) is 0 Å². The van der Waals surface area contributed by atoms with Gasteiger partial charge in [-0.25, -0.2) is 17.6 Å². The summed E-state index contributed by atoms with van der Waals surface area (Å²) in [6.07, 6.45) is -1.61. The number of carboxylic acid groups (broad SMARTS) is 1. The lowest BCUT2D eigenvalue weighted by atomic mass is 9.78. The number of hydrogen-bond acceptors (Lipinski definition) is 1. The van der Waals surface area contributed by atoms with Crippen LogP contribution in [0.25, 0.3) is 0 Å². The van der Waals surface area contributed by atoms with Crippen LogP contribution in [0.15, 0.2) is 12.1 Å². The molecule has 1 aromatic rings. The molecule has 2 rings (SSSR count). The van der Waals surface area contributed by atoms with E-state index in [1.54, 1.807) is 0 Å². The van der Waals surface area contributed by atoms with Crippen LogP contribution >= 0.6 is 0 Å². The molecule has 1 fully saturated rings. The molecule has 2 nitrogen and oxygen atoms in total. The van der Waals surface area contributed by atoms with E-state index in [-0.39, 0.29) is 12.8 Å². The molecule has 1 aliphatic rings. The van der Waals surface area contributed by atoms with Crippen molar-refractivity contribution in [1.82, 2.24) is 0 Å². The van der Waals surface area contributed by atoms with Gasteiger partial charge in [0.2, 0.25) is 0 Å². The second-order valence-electron chi connectivity index (χ2n) is 4.76. The van der Waals surface area contributed by atoms with Gasteiger partial charge < -0.3 is 5.11 Å². The van der Waals surface area contributed by atoms with Gasteiger partial charge in [-0.3, -0.25) is 4.79 Å². The summed E-state index contributed by atoms with van der Waals surface area (Å²) < 4.78 is 52.5. The van der Waals surface area contributed by atoms with E-state index in [4.69, 9.17) is 0 Å². The molecule has 0 aromatic heterocycles. The van der Waals surface area contributed by atoms with Gasteiger partial charge in [0, 0.05) is 11.1 Å². The number of hydrogen-bond donors (Lipinski definition) is 1. The molecule has 0 saturated heterocycles. The zero-order chi connectivity index (χ0) is 14.2. The van der Waals surface area contributed by atoms with Gasteiger partial charge in [-0.1, -0.05) is 12.8 Å². The lowest BCUT2D eigenvalue weighted by Crippen LogP contribution is -2.34. The largest absolute Gasteiger partial charge is 0.481 e. The highest BCUT2D eigenvalue weighted by Gasteiger charge is 2.45. The molecule has 0 unspecified atom stereocenters. The summed E-state index contributed by atoms with van der Waals surface area (Å²) >= 11 is 0. The molecule has 1 saturated carbocycles. The molecular formula is C13H12F4O2. The second-order valence-corrected chi connectivity index (χ2v) is 4.76. The van der Waals surface area contributed by atoms with E-state index in [2.05, 4.69) is 0 Å². The molecule has 1 aliphatic carbocycles. The maximum Gasteiger partial charge on any atom is 0.314 e. The first-order chi connectivity index (χ1) is 8.88. The Hall–Kier alpha value is -1.59. The quantitative estimate of drug-likeness (QED) is 0.853. The molecule has 104 valence electrons. The Morgan fingerprint density at radius 3 is 2.26 bits per heavy atom. The monoisotopic (exact) mass is 276 g/mol. The average molecular weight is 276 g/mol. The third-order valence-electron chi connectivity index (χ3n) is 3.68. The first-order valence-electron chi connectivity index (χ1n) is 5.89. The van der Waals surface area contributed by atoms with E-state index in [0.29, 0.717) is 18.9 Å². The fourth-order valence-electron chi connectivity index (χ4n) is 2.66. The van der Waals surface area contributed by atoms with Crippen molar-refractivity contribution in [3.05, 3.63) is 34.9 Å². The lowest BCUT2D eigenvalue weighted by Gasteiger charge is -2.25. The van der Waals surface area contributed by atoms with Crippen molar-refractivity contribution in [2.75, 3.05) is 0 Å². The van der Waals surface area contributed by atoms with Gasteiger partial charge in [-0.05, 0) is 25.0 Å². The van der Waals surface area contributed by atoms with Crippen molar-refractivity contribution >= 4 is 5.97 Å². The van der Waals surface area contributed by atoms with Gasteiger partial charge in [0.15, 0.2) is 11.6 Å². The number of carboxylic acids is 1. The maximum absolute atomic E-state index is 13.8. The minimum absolute atomic E-state index is 0.130. The molecule has 0 radical (unpaired) electrons. The Morgan fingerprint density at radius 1 is 1.21 bits per heavy atom. The molecule has 1 aromatic carbocycles. The van der Waals surface area contributed by atoms with E-state index in [9.17, 15) is 27.5 Å². The lowest BCUT2D eigenvalue weighted by molar-refractivity contribution is -0.143. The third-order valence-corrected chi connectivity index (χ3v) is 3.68. The van der Waals surface area contributed by atoms with Crippen LogP contribution in [-0.4, -0.2) is 11.1 Å². The smallest absolute Gasteiger partial charge is 0.314 e.